The Morgan fingerprint density at radius 2 is 1.92 bits per heavy atom. The van der Waals surface area contributed by atoms with Crippen molar-refractivity contribution in [2.45, 2.75) is 41.7 Å². The largest absolute Gasteiger partial charge is 0.481 e. The molecule has 0 bridgehead atoms. The maximum absolute atomic E-state index is 14.1. The molecule has 5 atom stereocenters. The summed E-state index contributed by atoms with van der Waals surface area (Å²) in [5.74, 6) is -3.69. The molecule has 202 valence electrons. The zero-order valence-corrected chi connectivity index (χ0v) is 20.6. The number of nitrogens with zero attached hydrogens (tertiary/aromatic N) is 2. The van der Waals surface area contributed by atoms with Crippen LogP contribution in [0.25, 0.3) is 0 Å². The van der Waals surface area contributed by atoms with Gasteiger partial charge in [-0.15, -0.1) is 0 Å². The van der Waals surface area contributed by atoms with E-state index in [-0.39, 0.29) is 12.1 Å². The second-order valence-corrected chi connectivity index (χ2v) is 11.9. The lowest BCUT2D eigenvalue weighted by molar-refractivity contribution is -0.159. The summed E-state index contributed by atoms with van der Waals surface area (Å²) >= 11 is 0. The van der Waals surface area contributed by atoms with Crippen LogP contribution < -0.4 is 10.6 Å². The second-order valence-electron chi connectivity index (χ2n) is 9.66. The standard InChI is InChI=1S/C23H26F3N3O7S/c1-35-18-9-14(10-22(18,20(31)32)17-11-21(17,12-27)19(28)30)37(33,34)16-3-2-13(8-15(16)23(24,25)26)29-4-6-36-7-5-29/h2-3,8,14,17-18H,4-7,9-11H2,1H3,(H2,28,30)(H,31,32)/t14-,17?,18+,21?,22+/m1/s1. The maximum atomic E-state index is 14.1. The van der Waals surface area contributed by atoms with E-state index in [9.17, 15) is 41.5 Å². The Morgan fingerprint density at radius 1 is 1.27 bits per heavy atom. The highest BCUT2D eigenvalue weighted by molar-refractivity contribution is 7.92. The number of carbonyl (C=O) groups excluding carboxylic acids is 1. The van der Waals surface area contributed by atoms with E-state index in [0.29, 0.717) is 26.3 Å². The van der Waals surface area contributed by atoms with E-state index in [2.05, 4.69) is 0 Å². The van der Waals surface area contributed by atoms with Crippen LogP contribution in [0.15, 0.2) is 23.1 Å². The summed E-state index contributed by atoms with van der Waals surface area (Å²) in [6.07, 6.45) is -7.55. The summed E-state index contributed by atoms with van der Waals surface area (Å²) in [4.78, 5) is 25.2. The summed E-state index contributed by atoms with van der Waals surface area (Å²) in [5, 5.41) is 18.1. The number of primary amides is 1. The number of sulfone groups is 1. The summed E-state index contributed by atoms with van der Waals surface area (Å²) in [7, 11) is -3.57. The predicted molar refractivity (Wildman–Crippen MR) is 121 cm³/mol. The fourth-order valence-electron chi connectivity index (χ4n) is 5.85. The fourth-order valence-corrected chi connectivity index (χ4v) is 7.87. The maximum Gasteiger partial charge on any atom is 0.417 e. The minimum Gasteiger partial charge on any atom is -0.481 e. The first-order valence-electron chi connectivity index (χ1n) is 11.5. The third-order valence-corrected chi connectivity index (χ3v) is 10.1. The van der Waals surface area contributed by atoms with Gasteiger partial charge in [-0.25, -0.2) is 8.42 Å². The molecule has 4 rings (SSSR count). The van der Waals surface area contributed by atoms with Gasteiger partial charge in [0, 0.05) is 31.8 Å². The lowest BCUT2D eigenvalue weighted by Crippen LogP contribution is -2.44. The van der Waals surface area contributed by atoms with E-state index in [1.54, 1.807) is 11.0 Å². The number of rotatable bonds is 7. The predicted octanol–water partition coefficient (Wildman–Crippen LogP) is 1.58. The lowest BCUT2D eigenvalue weighted by Gasteiger charge is -2.31. The molecule has 1 amide bonds. The number of methoxy groups -OCH3 is 1. The number of carboxylic acid groups (broad SMARTS) is 1. The highest BCUT2D eigenvalue weighted by Gasteiger charge is 2.75. The van der Waals surface area contributed by atoms with Crippen LogP contribution >= 0.6 is 0 Å². The zero-order valence-electron chi connectivity index (χ0n) is 19.8. The number of nitrogens with two attached hydrogens (primary N) is 1. The van der Waals surface area contributed by atoms with Gasteiger partial charge in [-0.3, -0.25) is 9.59 Å². The number of anilines is 1. The summed E-state index contributed by atoms with van der Waals surface area (Å²) in [6, 6.07) is 4.71. The summed E-state index contributed by atoms with van der Waals surface area (Å²) in [6.45, 7) is 1.31. The molecule has 2 aliphatic carbocycles. The van der Waals surface area contributed by atoms with Gasteiger partial charge >= 0.3 is 12.1 Å². The van der Waals surface area contributed by atoms with E-state index >= 15 is 0 Å². The average molecular weight is 546 g/mol. The number of amides is 1. The van der Waals surface area contributed by atoms with Crippen LogP contribution in [0.3, 0.4) is 0 Å². The van der Waals surface area contributed by atoms with E-state index < -0.39 is 79.3 Å². The number of hydrogen-bond donors (Lipinski definition) is 2. The molecule has 1 heterocycles. The molecule has 2 unspecified atom stereocenters. The van der Waals surface area contributed by atoms with Crippen molar-refractivity contribution in [1.82, 2.24) is 0 Å². The third-order valence-electron chi connectivity index (χ3n) is 7.91. The quantitative estimate of drug-likeness (QED) is 0.518. The molecule has 37 heavy (non-hydrogen) atoms. The number of aliphatic carboxylic acids is 1. The minimum atomic E-state index is -5.01. The molecule has 3 N–H and O–H groups in total. The van der Waals surface area contributed by atoms with Crippen LogP contribution in [0.1, 0.15) is 24.8 Å². The van der Waals surface area contributed by atoms with Crippen LogP contribution in [0.5, 0.6) is 0 Å². The minimum absolute atomic E-state index is 0.189. The van der Waals surface area contributed by atoms with Crippen LogP contribution in [0, 0.1) is 28.1 Å². The first-order chi connectivity index (χ1) is 17.3. The Hall–Kier alpha value is -2.89. The Labute approximate surface area is 211 Å². The molecule has 1 aromatic carbocycles. The lowest BCUT2D eigenvalue weighted by atomic mass is 9.75. The second kappa shape index (κ2) is 9.14. The SMILES string of the molecule is CO[C@H]1C[C@@H](S(=O)(=O)c2ccc(N3CCOCC3)cc2C(F)(F)F)C[C@]1(C(=O)O)C1CC1(C#N)C(N)=O. The Morgan fingerprint density at radius 3 is 2.41 bits per heavy atom. The molecular formula is C23H26F3N3O7S. The van der Waals surface area contributed by atoms with Crippen molar-refractivity contribution in [3.05, 3.63) is 23.8 Å². The van der Waals surface area contributed by atoms with Gasteiger partial charge in [-0.1, -0.05) is 0 Å². The number of halogens is 3. The van der Waals surface area contributed by atoms with E-state index in [1.165, 1.54) is 6.07 Å². The Balaban J connectivity index is 1.75. The molecule has 10 nitrogen and oxygen atoms in total. The van der Waals surface area contributed by atoms with Crippen LogP contribution in [0.4, 0.5) is 18.9 Å². The van der Waals surface area contributed by atoms with Crippen LogP contribution in [-0.4, -0.2) is 70.2 Å². The highest BCUT2D eigenvalue weighted by atomic mass is 32.2. The number of morpholine rings is 1. The summed E-state index contributed by atoms with van der Waals surface area (Å²) in [5.41, 5.74) is 0.376. The van der Waals surface area contributed by atoms with Crippen molar-refractivity contribution in [2.24, 2.45) is 22.5 Å². The normalized spacial score (nSPS) is 32.1. The van der Waals surface area contributed by atoms with E-state index in [0.717, 1.165) is 19.2 Å². The fraction of sp³-hybridized carbons (Fsp3) is 0.609. The van der Waals surface area contributed by atoms with Crippen molar-refractivity contribution < 1.29 is 45.8 Å². The van der Waals surface area contributed by atoms with Gasteiger partial charge in [0.15, 0.2) is 9.84 Å². The van der Waals surface area contributed by atoms with Crippen molar-refractivity contribution in [3.8, 4) is 6.07 Å². The number of hydrogen-bond acceptors (Lipinski definition) is 8. The van der Waals surface area contributed by atoms with Gasteiger partial charge in [-0.2, -0.15) is 18.4 Å². The van der Waals surface area contributed by atoms with Crippen LogP contribution in [0.2, 0.25) is 0 Å². The highest BCUT2D eigenvalue weighted by Crippen LogP contribution is 2.66. The van der Waals surface area contributed by atoms with Gasteiger partial charge in [0.05, 0.1) is 41.1 Å². The molecule has 1 aliphatic heterocycles. The Bertz CT molecular complexity index is 1260. The molecule has 3 aliphatic rings. The van der Waals surface area contributed by atoms with Crippen LogP contribution in [-0.2, 0) is 35.1 Å². The molecular weight excluding hydrogens is 519 g/mol. The molecule has 0 aromatic heterocycles. The monoisotopic (exact) mass is 545 g/mol. The van der Waals surface area contributed by atoms with Crippen molar-refractivity contribution in [1.29, 1.82) is 5.26 Å². The molecule has 1 aromatic rings. The van der Waals surface area contributed by atoms with Crippen molar-refractivity contribution in [2.75, 3.05) is 38.3 Å². The van der Waals surface area contributed by atoms with E-state index in [4.69, 9.17) is 15.2 Å². The molecule has 0 radical (unpaired) electrons. The smallest absolute Gasteiger partial charge is 0.417 e. The van der Waals surface area contributed by atoms with Gasteiger partial charge in [0.2, 0.25) is 5.91 Å². The molecule has 14 heteroatoms. The average Bonchev–Trinajstić information content (AvgIpc) is 3.48. The summed E-state index contributed by atoms with van der Waals surface area (Å²) < 4.78 is 80.1. The third kappa shape index (κ3) is 4.22. The van der Waals surface area contributed by atoms with Crippen molar-refractivity contribution >= 4 is 27.4 Å². The van der Waals surface area contributed by atoms with E-state index in [1.807, 2.05) is 0 Å². The molecule has 1 saturated heterocycles. The van der Waals surface area contributed by atoms with Gasteiger partial charge < -0.3 is 25.2 Å². The Kier molecular flexibility index (Phi) is 6.71. The molecule has 0 spiro atoms. The van der Waals surface area contributed by atoms with Gasteiger partial charge in [0.1, 0.15) is 10.8 Å². The molecule has 3 fully saturated rings. The first kappa shape index (κ1) is 27.2. The molecule has 2 saturated carbocycles. The number of benzene rings is 1. The zero-order chi connectivity index (χ0) is 27.4. The number of nitriles is 1. The number of alkyl halides is 3. The number of ether oxygens (including phenoxy) is 2. The van der Waals surface area contributed by atoms with Gasteiger partial charge in [0.25, 0.3) is 0 Å². The number of carboxylic acids is 1. The number of carbonyl (C=O) groups is 2. The van der Waals surface area contributed by atoms with Crippen molar-refractivity contribution in [3.63, 3.8) is 0 Å². The van der Waals surface area contributed by atoms with Gasteiger partial charge in [-0.05, 0) is 37.5 Å². The topological polar surface area (TPSA) is 160 Å². The first-order valence-corrected chi connectivity index (χ1v) is 13.1.